The Balaban J connectivity index is 1.74. The van der Waals surface area contributed by atoms with E-state index in [4.69, 9.17) is 4.42 Å². The molecule has 1 N–H and O–H groups in total. The minimum absolute atomic E-state index is 0.0388. The first-order valence-corrected chi connectivity index (χ1v) is 9.28. The van der Waals surface area contributed by atoms with Crippen molar-refractivity contribution in [3.8, 4) is 11.5 Å². The molecular formula is C18H23N3O2S. The molecule has 24 heavy (non-hydrogen) atoms. The monoisotopic (exact) mass is 345 g/mol. The molecule has 1 saturated heterocycles. The highest BCUT2D eigenvalue weighted by molar-refractivity contribution is 7.99. The topological polar surface area (TPSA) is 58.4 Å². The molecular weight excluding hydrogens is 322 g/mol. The predicted octanol–water partition coefficient (Wildman–Crippen LogP) is 4.32. The van der Waals surface area contributed by atoms with Crippen LogP contribution in [0.3, 0.4) is 0 Å². The van der Waals surface area contributed by atoms with Crippen LogP contribution < -0.4 is 5.32 Å². The lowest BCUT2D eigenvalue weighted by Gasteiger charge is -2.21. The molecule has 1 unspecified atom stereocenters. The molecule has 0 spiro atoms. The molecule has 1 aromatic carbocycles. The van der Waals surface area contributed by atoms with Crippen LogP contribution in [-0.2, 0) is 0 Å². The molecule has 6 heteroatoms. The normalized spacial score (nSPS) is 18.3. The number of carbonyl (C=O) groups excluding carboxylic acids is 1. The molecule has 1 fully saturated rings. The van der Waals surface area contributed by atoms with Crippen molar-refractivity contribution < 1.29 is 9.21 Å². The number of hydrogen-bond acceptors (Lipinski definition) is 4. The van der Waals surface area contributed by atoms with E-state index in [0.717, 1.165) is 47.8 Å². The van der Waals surface area contributed by atoms with E-state index in [9.17, 15) is 4.79 Å². The number of nitrogens with zero attached hydrogens (tertiary/aromatic N) is 2. The highest BCUT2D eigenvalue weighted by Crippen LogP contribution is 2.26. The summed E-state index contributed by atoms with van der Waals surface area (Å²) >= 11 is 1.93. The van der Waals surface area contributed by atoms with Crippen molar-refractivity contribution in [1.29, 1.82) is 0 Å². The molecule has 3 rings (SSSR count). The third kappa shape index (κ3) is 3.93. The lowest BCUT2D eigenvalue weighted by molar-refractivity contribution is 0.215. The fraction of sp³-hybridized carbons (Fsp3) is 0.444. The van der Waals surface area contributed by atoms with Crippen molar-refractivity contribution in [2.45, 2.75) is 32.4 Å². The van der Waals surface area contributed by atoms with Gasteiger partial charge in [0.2, 0.25) is 5.89 Å². The van der Waals surface area contributed by atoms with Crippen LogP contribution in [0, 0.1) is 13.8 Å². The maximum absolute atomic E-state index is 12.5. The molecule has 2 amide bonds. The summed E-state index contributed by atoms with van der Waals surface area (Å²) in [4.78, 5) is 18.8. The fourth-order valence-corrected chi connectivity index (χ4v) is 3.71. The van der Waals surface area contributed by atoms with Gasteiger partial charge < -0.3 is 14.6 Å². The summed E-state index contributed by atoms with van der Waals surface area (Å²) in [6, 6.07) is 5.78. The van der Waals surface area contributed by atoms with Crippen LogP contribution in [0.15, 0.2) is 28.9 Å². The first-order chi connectivity index (χ1) is 11.5. The maximum atomic E-state index is 12.5. The van der Waals surface area contributed by atoms with E-state index in [1.54, 1.807) is 6.26 Å². The molecule has 1 aliphatic rings. The van der Waals surface area contributed by atoms with Crippen LogP contribution in [0.25, 0.3) is 11.5 Å². The van der Waals surface area contributed by atoms with Gasteiger partial charge in [-0.15, -0.1) is 0 Å². The van der Waals surface area contributed by atoms with Crippen molar-refractivity contribution in [3.63, 3.8) is 0 Å². The standard InChI is InChI=1S/C18H23N3O2S/c1-12-4-5-15(10-16(12)17-19-13(2)11-23-17)20-18(22)21-7-6-14(3)24-9-8-21/h4-5,10-11,14H,6-9H2,1-3H3,(H,20,22). The van der Waals surface area contributed by atoms with Gasteiger partial charge in [0.25, 0.3) is 0 Å². The van der Waals surface area contributed by atoms with E-state index in [1.165, 1.54) is 0 Å². The Morgan fingerprint density at radius 1 is 1.38 bits per heavy atom. The van der Waals surface area contributed by atoms with Crippen LogP contribution in [0.5, 0.6) is 0 Å². The largest absolute Gasteiger partial charge is 0.444 e. The second-order valence-corrected chi connectivity index (χ2v) is 7.76. The Morgan fingerprint density at radius 2 is 2.21 bits per heavy atom. The number of benzene rings is 1. The van der Waals surface area contributed by atoms with Crippen molar-refractivity contribution in [3.05, 3.63) is 35.7 Å². The van der Waals surface area contributed by atoms with E-state index < -0.39 is 0 Å². The predicted molar refractivity (Wildman–Crippen MR) is 98.5 cm³/mol. The average molecular weight is 345 g/mol. The summed E-state index contributed by atoms with van der Waals surface area (Å²) in [6.45, 7) is 7.72. The molecule has 0 aliphatic carbocycles. The fourth-order valence-electron chi connectivity index (χ4n) is 2.71. The summed E-state index contributed by atoms with van der Waals surface area (Å²) in [5, 5.41) is 3.62. The zero-order valence-corrected chi connectivity index (χ0v) is 15.2. The number of nitrogens with one attached hydrogen (secondary N) is 1. The Kier molecular flexibility index (Phi) is 5.14. The number of amides is 2. The quantitative estimate of drug-likeness (QED) is 0.881. The third-order valence-electron chi connectivity index (χ3n) is 4.19. The van der Waals surface area contributed by atoms with E-state index in [2.05, 4.69) is 17.2 Å². The Morgan fingerprint density at radius 3 is 2.96 bits per heavy atom. The van der Waals surface area contributed by atoms with Gasteiger partial charge >= 0.3 is 6.03 Å². The highest BCUT2D eigenvalue weighted by Gasteiger charge is 2.19. The molecule has 128 valence electrons. The van der Waals surface area contributed by atoms with E-state index >= 15 is 0 Å². The van der Waals surface area contributed by atoms with Gasteiger partial charge in [-0.05, 0) is 38.0 Å². The molecule has 0 radical (unpaired) electrons. The first kappa shape index (κ1) is 16.9. The van der Waals surface area contributed by atoms with Crippen LogP contribution in [-0.4, -0.2) is 40.0 Å². The number of hydrogen-bond donors (Lipinski definition) is 1. The van der Waals surface area contributed by atoms with E-state index in [0.29, 0.717) is 11.1 Å². The minimum Gasteiger partial charge on any atom is -0.444 e. The number of thioether (sulfide) groups is 1. The SMILES string of the molecule is Cc1coc(-c2cc(NC(=O)N3CCSC(C)CC3)ccc2C)n1. The molecule has 5 nitrogen and oxygen atoms in total. The van der Waals surface area contributed by atoms with Gasteiger partial charge in [-0.1, -0.05) is 13.0 Å². The van der Waals surface area contributed by atoms with Gasteiger partial charge in [-0.2, -0.15) is 11.8 Å². The summed E-state index contributed by atoms with van der Waals surface area (Å²) in [5.74, 6) is 1.57. The smallest absolute Gasteiger partial charge is 0.321 e. The van der Waals surface area contributed by atoms with Crippen molar-refractivity contribution in [2.75, 3.05) is 24.2 Å². The summed E-state index contributed by atoms with van der Waals surface area (Å²) < 4.78 is 5.50. The number of urea groups is 1. The Labute approximate surface area is 146 Å². The van der Waals surface area contributed by atoms with Crippen LogP contribution in [0.4, 0.5) is 10.5 Å². The molecule has 2 aromatic rings. The minimum atomic E-state index is -0.0388. The molecule has 1 aromatic heterocycles. The third-order valence-corrected chi connectivity index (χ3v) is 5.42. The van der Waals surface area contributed by atoms with Crippen LogP contribution in [0.1, 0.15) is 24.6 Å². The first-order valence-electron chi connectivity index (χ1n) is 8.23. The van der Waals surface area contributed by atoms with E-state index in [-0.39, 0.29) is 6.03 Å². The van der Waals surface area contributed by atoms with Gasteiger partial charge in [0.1, 0.15) is 6.26 Å². The summed E-state index contributed by atoms with van der Waals surface area (Å²) in [6.07, 6.45) is 2.67. The summed E-state index contributed by atoms with van der Waals surface area (Å²) in [5.41, 5.74) is 3.58. The lowest BCUT2D eigenvalue weighted by Crippen LogP contribution is -2.36. The number of aromatic nitrogens is 1. The molecule has 1 aliphatic heterocycles. The van der Waals surface area contributed by atoms with Gasteiger partial charge in [-0.25, -0.2) is 9.78 Å². The van der Waals surface area contributed by atoms with Gasteiger partial charge in [0.15, 0.2) is 0 Å². The number of rotatable bonds is 2. The molecule has 0 saturated carbocycles. The molecule has 1 atom stereocenters. The number of aryl methyl sites for hydroxylation is 2. The highest BCUT2D eigenvalue weighted by atomic mass is 32.2. The zero-order chi connectivity index (χ0) is 17.1. The number of anilines is 1. The molecule has 2 heterocycles. The number of carbonyl (C=O) groups is 1. The van der Waals surface area contributed by atoms with Crippen LogP contribution >= 0.6 is 11.8 Å². The zero-order valence-electron chi connectivity index (χ0n) is 14.3. The number of oxazole rings is 1. The van der Waals surface area contributed by atoms with Crippen molar-refractivity contribution in [2.24, 2.45) is 0 Å². The second kappa shape index (κ2) is 7.30. The Hall–Kier alpha value is -1.95. The lowest BCUT2D eigenvalue weighted by atomic mass is 10.1. The Bertz CT molecular complexity index is 729. The van der Waals surface area contributed by atoms with Gasteiger partial charge in [0, 0.05) is 35.3 Å². The van der Waals surface area contributed by atoms with Gasteiger partial charge in [0.05, 0.1) is 5.69 Å². The van der Waals surface area contributed by atoms with E-state index in [1.807, 2.05) is 48.7 Å². The average Bonchev–Trinajstić information content (AvgIpc) is 2.86. The molecule has 0 bridgehead atoms. The van der Waals surface area contributed by atoms with Crippen molar-refractivity contribution in [1.82, 2.24) is 9.88 Å². The second-order valence-electron chi connectivity index (χ2n) is 6.21. The van der Waals surface area contributed by atoms with Gasteiger partial charge in [-0.3, -0.25) is 0 Å². The summed E-state index contributed by atoms with van der Waals surface area (Å²) in [7, 11) is 0. The maximum Gasteiger partial charge on any atom is 0.321 e. The van der Waals surface area contributed by atoms with Crippen molar-refractivity contribution >= 4 is 23.5 Å². The van der Waals surface area contributed by atoms with Crippen LogP contribution in [0.2, 0.25) is 0 Å².